The molecule has 1 saturated carbocycles. The maximum absolute atomic E-state index is 13.3. The van der Waals surface area contributed by atoms with Gasteiger partial charge in [0.05, 0.1) is 0 Å². The third-order valence-electron chi connectivity index (χ3n) is 5.50. The van der Waals surface area contributed by atoms with Gasteiger partial charge in [0.2, 0.25) is 5.91 Å². The summed E-state index contributed by atoms with van der Waals surface area (Å²) < 4.78 is 13.3. The molecule has 0 radical (unpaired) electrons. The number of phenols is 1. The summed E-state index contributed by atoms with van der Waals surface area (Å²) in [5.74, 6) is -0.0120. The average Bonchev–Trinajstić information content (AvgIpc) is 2.67. The van der Waals surface area contributed by atoms with Crippen molar-refractivity contribution in [1.29, 1.82) is 0 Å². The number of aromatic hydroxyl groups is 1. The summed E-state index contributed by atoms with van der Waals surface area (Å²) in [4.78, 5) is 12.3. The monoisotopic (exact) mass is 355 g/mol. The Balaban J connectivity index is 1.61. The van der Waals surface area contributed by atoms with Crippen LogP contribution in [0.2, 0.25) is 0 Å². The van der Waals surface area contributed by atoms with E-state index in [1.165, 1.54) is 18.6 Å². The number of hydrogen-bond acceptors (Lipinski definition) is 2. The molecule has 0 bridgehead atoms. The van der Waals surface area contributed by atoms with Crippen molar-refractivity contribution in [3.63, 3.8) is 0 Å². The first kappa shape index (κ1) is 18.4. The molecule has 0 spiro atoms. The van der Waals surface area contributed by atoms with E-state index in [4.69, 9.17) is 0 Å². The predicted molar refractivity (Wildman–Crippen MR) is 101 cm³/mol. The molecule has 138 valence electrons. The van der Waals surface area contributed by atoms with Crippen LogP contribution >= 0.6 is 0 Å². The SMILES string of the molecule is O=C(CCc1ccccc1O)NCC1(c2ccc(F)cc2)CCCCC1. The Bertz CT molecular complexity index is 736. The lowest BCUT2D eigenvalue weighted by Crippen LogP contribution is -2.42. The fourth-order valence-electron chi connectivity index (χ4n) is 3.93. The fourth-order valence-corrected chi connectivity index (χ4v) is 3.93. The van der Waals surface area contributed by atoms with Crippen LogP contribution in [-0.2, 0) is 16.6 Å². The zero-order valence-corrected chi connectivity index (χ0v) is 15.0. The van der Waals surface area contributed by atoms with E-state index < -0.39 is 0 Å². The molecule has 2 aromatic rings. The molecule has 1 aliphatic rings. The van der Waals surface area contributed by atoms with Crippen LogP contribution in [0.1, 0.15) is 49.7 Å². The van der Waals surface area contributed by atoms with Gasteiger partial charge in [0.25, 0.3) is 0 Å². The third kappa shape index (κ3) is 4.43. The molecule has 26 heavy (non-hydrogen) atoms. The van der Waals surface area contributed by atoms with Gasteiger partial charge in [-0.1, -0.05) is 49.6 Å². The Morgan fingerprint density at radius 2 is 1.73 bits per heavy atom. The van der Waals surface area contributed by atoms with Crippen LogP contribution in [0, 0.1) is 5.82 Å². The van der Waals surface area contributed by atoms with Crippen molar-refractivity contribution in [2.45, 2.75) is 50.4 Å². The number of carbonyl (C=O) groups excluding carboxylic acids is 1. The van der Waals surface area contributed by atoms with E-state index >= 15 is 0 Å². The highest BCUT2D eigenvalue weighted by Crippen LogP contribution is 2.39. The number of phenolic OH excluding ortho intramolecular Hbond substituents is 1. The maximum Gasteiger partial charge on any atom is 0.220 e. The summed E-state index contributed by atoms with van der Waals surface area (Å²) in [6.07, 6.45) is 6.36. The van der Waals surface area contributed by atoms with Crippen molar-refractivity contribution in [3.8, 4) is 5.75 Å². The summed E-state index contributed by atoms with van der Waals surface area (Å²) in [6, 6.07) is 13.8. The van der Waals surface area contributed by atoms with E-state index in [0.29, 0.717) is 19.4 Å². The molecule has 0 unspecified atom stereocenters. The van der Waals surface area contributed by atoms with Crippen molar-refractivity contribution in [2.24, 2.45) is 0 Å². The van der Waals surface area contributed by atoms with Gasteiger partial charge in [-0.25, -0.2) is 4.39 Å². The van der Waals surface area contributed by atoms with E-state index in [0.717, 1.165) is 36.8 Å². The molecule has 0 aliphatic heterocycles. The number of halogens is 1. The molecule has 0 atom stereocenters. The van der Waals surface area contributed by atoms with Gasteiger partial charge in [-0.2, -0.15) is 0 Å². The lowest BCUT2D eigenvalue weighted by Gasteiger charge is -2.38. The minimum Gasteiger partial charge on any atom is -0.508 e. The van der Waals surface area contributed by atoms with Gasteiger partial charge in [0.15, 0.2) is 0 Å². The Hall–Kier alpha value is -2.36. The average molecular weight is 355 g/mol. The third-order valence-corrected chi connectivity index (χ3v) is 5.50. The first-order valence-electron chi connectivity index (χ1n) is 9.39. The zero-order chi connectivity index (χ0) is 18.4. The van der Waals surface area contributed by atoms with Crippen molar-refractivity contribution in [2.75, 3.05) is 6.54 Å². The highest BCUT2D eigenvalue weighted by atomic mass is 19.1. The van der Waals surface area contributed by atoms with Gasteiger partial charge in [0, 0.05) is 18.4 Å². The van der Waals surface area contributed by atoms with Crippen LogP contribution in [0.25, 0.3) is 0 Å². The largest absolute Gasteiger partial charge is 0.508 e. The summed E-state index contributed by atoms with van der Waals surface area (Å²) >= 11 is 0. The molecule has 2 aromatic carbocycles. The number of hydrogen-bond donors (Lipinski definition) is 2. The molecule has 0 aromatic heterocycles. The smallest absolute Gasteiger partial charge is 0.220 e. The normalized spacial score (nSPS) is 16.2. The number of amides is 1. The van der Waals surface area contributed by atoms with Crippen LogP contribution < -0.4 is 5.32 Å². The molecular weight excluding hydrogens is 329 g/mol. The van der Waals surface area contributed by atoms with Gasteiger partial charge in [-0.15, -0.1) is 0 Å². The topological polar surface area (TPSA) is 49.3 Å². The van der Waals surface area contributed by atoms with E-state index in [-0.39, 0.29) is 22.9 Å². The molecule has 0 saturated heterocycles. The Morgan fingerprint density at radius 1 is 1.04 bits per heavy atom. The van der Waals surface area contributed by atoms with Crippen LogP contribution in [0.3, 0.4) is 0 Å². The summed E-state index contributed by atoms with van der Waals surface area (Å²) in [5.41, 5.74) is 1.80. The maximum atomic E-state index is 13.3. The molecule has 2 N–H and O–H groups in total. The minimum absolute atomic E-state index is 0.0136. The Kier molecular flexibility index (Phi) is 5.92. The fraction of sp³-hybridized carbons (Fsp3) is 0.409. The lowest BCUT2D eigenvalue weighted by molar-refractivity contribution is -0.121. The van der Waals surface area contributed by atoms with Crippen molar-refractivity contribution < 1.29 is 14.3 Å². The second-order valence-electron chi connectivity index (χ2n) is 7.25. The second kappa shape index (κ2) is 8.35. The Labute approximate surface area is 154 Å². The van der Waals surface area contributed by atoms with Gasteiger partial charge in [-0.05, 0) is 48.6 Å². The van der Waals surface area contributed by atoms with E-state index in [2.05, 4.69) is 5.32 Å². The Morgan fingerprint density at radius 3 is 2.42 bits per heavy atom. The lowest BCUT2D eigenvalue weighted by atomic mass is 9.69. The molecule has 0 heterocycles. The standard InChI is InChI=1S/C22H26FNO2/c23-19-11-9-18(10-12-19)22(14-4-1-5-15-22)16-24-21(26)13-8-17-6-2-3-7-20(17)25/h2-3,6-7,9-12,25H,1,4-5,8,13-16H2,(H,24,26). The first-order chi connectivity index (χ1) is 12.6. The predicted octanol–water partition coefficient (Wildman–Crippen LogP) is 4.48. The van der Waals surface area contributed by atoms with Crippen LogP contribution in [0.15, 0.2) is 48.5 Å². The zero-order valence-electron chi connectivity index (χ0n) is 15.0. The van der Waals surface area contributed by atoms with Crippen LogP contribution in [0.5, 0.6) is 5.75 Å². The molecular formula is C22H26FNO2. The van der Waals surface area contributed by atoms with Gasteiger partial charge in [0.1, 0.15) is 11.6 Å². The van der Waals surface area contributed by atoms with Crippen LogP contribution in [-0.4, -0.2) is 17.6 Å². The quantitative estimate of drug-likeness (QED) is 0.802. The highest BCUT2D eigenvalue weighted by molar-refractivity contribution is 5.76. The first-order valence-corrected chi connectivity index (χ1v) is 9.39. The molecule has 4 heteroatoms. The van der Waals surface area contributed by atoms with Gasteiger partial charge in [-0.3, -0.25) is 4.79 Å². The van der Waals surface area contributed by atoms with E-state index in [1.807, 2.05) is 24.3 Å². The van der Waals surface area contributed by atoms with E-state index in [1.54, 1.807) is 12.1 Å². The number of rotatable bonds is 6. The number of aryl methyl sites for hydroxylation is 1. The number of nitrogens with one attached hydrogen (secondary N) is 1. The number of carbonyl (C=O) groups is 1. The second-order valence-corrected chi connectivity index (χ2v) is 7.25. The molecule has 1 amide bonds. The number of para-hydroxylation sites is 1. The minimum atomic E-state index is -0.230. The summed E-state index contributed by atoms with van der Waals surface area (Å²) in [6.45, 7) is 0.582. The van der Waals surface area contributed by atoms with Gasteiger partial charge < -0.3 is 10.4 Å². The summed E-state index contributed by atoms with van der Waals surface area (Å²) in [7, 11) is 0. The molecule has 1 aliphatic carbocycles. The van der Waals surface area contributed by atoms with E-state index in [9.17, 15) is 14.3 Å². The summed E-state index contributed by atoms with van der Waals surface area (Å²) in [5, 5.41) is 12.9. The highest BCUT2D eigenvalue weighted by Gasteiger charge is 2.34. The van der Waals surface area contributed by atoms with Crippen molar-refractivity contribution >= 4 is 5.91 Å². The molecule has 3 rings (SSSR count). The van der Waals surface area contributed by atoms with Crippen molar-refractivity contribution in [3.05, 3.63) is 65.5 Å². The molecule has 3 nitrogen and oxygen atoms in total. The number of benzene rings is 2. The molecule has 1 fully saturated rings. The van der Waals surface area contributed by atoms with Gasteiger partial charge >= 0.3 is 0 Å². The van der Waals surface area contributed by atoms with Crippen molar-refractivity contribution in [1.82, 2.24) is 5.32 Å². The van der Waals surface area contributed by atoms with Crippen LogP contribution in [0.4, 0.5) is 4.39 Å².